The molecule has 1 heterocycles. The molecule has 0 bridgehead atoms. The van der Waals surface area contributed by atoms with Crippen molar-refractivity contribution in [3.8, 4) is 11.5 Å². The van der Waals surface area contributed by atoms with Crippen LogP contribution in [0.5, 0.6) is 11.5 Å². The first-order valence-corrected chi connectivity index (χ1v) is 8.88. The average Bonchev–Trinajstić information content (AvgIpc) is 2.85. The zero-order valence-corrected chi connectivity index (χ0v) is 15.7. The highest BCUT2D eigenvalue weighted by molar-refractivity contribution is 8.26. The molecule has 5 nitrogen and oxygen atoms in total. The van der Waals surface area contributed by atoms with Crippen molar-refractivity contribution in [2.24, 2.45) is 0 Å². The van der Waals surface area contributed by atoms with Crippen molar-refractivity contribution < 1.29 is 19.0 Å². The normalized spacial score (nSPS) is 16.1. The Hall–Kier alpha value is -1.57. The smallest absolute Gasteiger partial charge is 0.266 e. The first kappa shape index (κ1) is 18.8. The predicted molar refractivity (Wildman–Crippen MR) is 101 cm³/mol. The Morgan fingerprint density at radius 1 is 1.25 bits per heavy atom. The van der Waals surface area contributed by atoms with E-state index in [0.717, 1.165) is 12.0 Å². The van der Waals surface area contributed by atoms with Gasteiger partial charge in [-0.15, -0.1) is 0 Å². The van der Waals surface area contributed by atoms with Gasteiger partial charge in [0.05, 0.1) is 31.8 Å². The van der Waals surface area contributed by atoms with Gasteiger partial charge in [-0.05, 0) is 30.2 Å². The third-order valence-corrected chi connectivity index (χ3v) is 4.72. The van der Waals surface area contributed by atoms with Gasteiger partial charge in [0.25, 0.3) is 5.91 Å². The molecule has 0 spiro atoms. The lowest BCUT2D eigenvalue weighted by atomic mass is 10.2. The van der Waals surface area contributed by atoms with E-state index in [9.17, 15) is 4.79 Å². The number of benzene rings is 1. The number of nitrogens with zero attached hydrogens (tertiary/aromatic N) is 1. The van der Waals surface area contributed by atoms with Crippen molar-refractivity contribution in [3.63, 3.8) is 0 Å². The van der Waals surface area contributed by atoms with Gasteiger partial charge in [0.1, 0.15) is 4.32 Å². The quantitative estimate of drug-likeness (QED) is 0.519. The second-order valence-corrected chi connectivity index (χ2v) is 6.76. The van der Waals surface area contributed by atoms with Crippen LogP contribution in [0, 0.1) is 0 Å². The molecule has 1 aromatic rings. The Balaban J connectivity index is 2.18. The number of hydrogen-bond donors (Lipinski definition) is 0. The Morgan fingerprint density at radius 3 is 2.71 bits per heavy atom. The fourth-order valence-electron chi connectivity index (χ4n) is 2.13. The first-order chi connectivity index (χ1) is 11.6. The van der Waals surface area contributed by atoms with Gasteiger partial charge in [-0.2, -0.15) is 0 Å². The van der Waals surface area contributed by atoms with Crippen LogP contribution in [0.25, 0.3) is 6.08 Å². The Bertz CT molecular complexity index is 645. The highest BCUT2D eigenvalue weighted by Gasteiger charge is 2.31. The fraction of sp³-hybridized carbons (Fsp3) is 0.412. The zero-order valence-electron chi connectivity index (χ0n) is 14.0. The van der Waals surface area contributed by atoms with E-state index in [4.69, 9.17) is 26.4 Å². The molecule has 1 fully saturated rings. The lowest BCUT2D eigenvalue weighted by Crippen LogP contribution is -2.31. The molecule has 0 radical (unpaired) electrons. The summed E-state index contributed by atoms with van der Waals surface area (Å²) in [5.74, 6) is 1.25. The minimum atomic E-state index is -0.0904. The fourth-order valence-corrected chi connectivity index (χ4v) is 3.44. The summed E-state index contributed by atoms with van der Waals surface area (Å²) in [7, 11) is 3.20. The van der Waals surface area contributed by atoms with E-state index in [1.807, 2.05) is 31.2 Å². The van der Waals surface area contributed by atoms with Gasteiger partial charge < -0.3 is 14.2 Å². The van der Waals surface area contributed by atoms with E-state index in [2.05, 4.69) is 0 Å². The highest BCUT2D eigenvalue weighted by atomic mass is 32.2. The second kappa shape index (κ2) is 9.05. The molecule has 0 saturated carbocycles. The number of amides is 1. The first-order valence-electron chi connectivity index (χ1n) is 7.65. The lowest BCUT2D eigenvalue weighted by Gasteiger charge is -2.13. The summed E-state index contributed by atoms with van der Waals surface area (Å²) in [5.41, 5.74) is 0.864. The molecule has 7 heteroatoms. The monoisotopic (exact) mass is 367 g/mol. The summed E-state index contributed by atoms with van der Waals surface area (Å²) in [6.45, 7) is 3.60. The minimum absolute atomic E-state index is 0.0904. The van der Waals surface area contributed by atoms with E-state index < -0.39 is 0 Å². The number of ether oxygens (including phenoxy) is 3. The van der Waals surface area contributed by atoms with E-state index in [1.54, 1.807) is 19.1 Å². The van der Waals surface area contributed by atoms with Crippen LogP contribution in [-0.4, -0.2) is 49.1 Å². The molecule has 1 aliphatic heterocycles. The molecular weight excluding hydrogens is 346 g/mol. The van der Waals surface area contributed by atoms with E-state index in [-0.39, 0.29) is 5.91 Å². The Labute approximate surface area is 151 Å². The van der Waals surface area contributed by atoms with Gasteiger partial charge in [-0.1, -0.05) is 37.0 Å². The number of carbonyl (C=O) groups excluding carboxylic acids is 1. The molecule has 2 rings (SSSR count). The number of thiocarbonyl (C=S) groups is 1. The molecule has 1 saturated heterocycles. The van der Waals surface area contributed by atoms with Crippen molar-refractivity contribution in [2.45, 2.75) is 13.3 Å². The molecule has 0 unspecified atom stereocenters. The second-order valence-electron chi connectivity index (χ2n) is 5.08. The lowest BCUT2D eigenvalue weighted by molar-refractivity contribution is -0.122. The summed E-state index contributed by atoms with van der Waals surface area (Å²) in [6, 6.07) is 5.61. The van der Waals surface area contributed by atoms with Crippen molar-refractivity contribution in [2.75, 3.05) is 34.0 Å². The number of hydrogen-bond acceptors (Lipinski definition) is 6. The molecule has 130 valence electrons. The van der Waals surface area contributed by atoms with Gasteiger partial charge >= 0.3 is 0 Å². The maximum absolute atomic E-state index is 12.4. The zero-order chi connectivity index (χ0) is 17.5. The van der Waals surface area contributed by atoms with Gasteiger partial charge in [-0.3, -0.25) is 9.69 Å². The Kier molecular flexibility index (Phi) is 7.08. The third kappa shape index (κ3) is 4.49. The van der Waals surface area contributed by atoms with Crippen molar-refractivity contribution in [1.29, 1.82) is 0 Å². The average molecular weight is 367 g/mol. The van der Waals surface area contributed by atoms with E-state index >= 15 is 0 Å². The van der Waals surface area contributed by atoms with Gasteiger partial charge in [0.2, 0.25) is 0 Å². The minimum Gasteiger partial charge on any atom is -0.493 e. The molecule has 24 heavy (non-hydrogen) atoms. The van der Waals surface area contributed by atoms with Crippen LogP contribution in [0.2, 0.25) is 0 Å². The van der Waals surface area contributed by atoms with Crippen molar-refractivity contribution >= 4 is 40.3 Å². The number of carbonyl (C=O) groups is 1. The summed E-state index contributed by atoms with van der Waals surface area (Å²) in [4.78, 5) is 14.6. The van der Waals surface area contributed by atoms with Gasteiger partial charge in [-0.25, -0.2) is 0 Å². The number of methoxy groups -OCH3 is 2. The molecule has 1 aromatic carbocycles. The molecule has 1 aliphatic rings. The number of thioether (sulfide) groups is 1. The molecule has 0 aromatic heterocycles. The van der Waals surface area contributed by atoms with E-state index in [0.29, 0.717) is 40.5 Å². The molecule has 0 aliphatic carbocycles. The summed E-state index contributed by atoms with van der Waals surface area (Å²) in [6.07, 6.45) is 2.74. The van der Waals surface area contributed by atoms with Gasteiger partial charge in [0.15, 0.2) is 11.5 Å². The third-order valence-electron chi connectivity index (χ3n) is 3.34. The van der Waals surface area contributed by atoms with Crippen LogP contribution >= 0.6 is 24.0 Å². The summed E-state index contributed by atoms with van der Waals surface area (Å²) >= 11 is 6.57. The standard InChI is InChI=1S/C17H21NO4S2/c1-4-8-22-13-6-5-12(10-14(13)21-3)11-15-16(19)18(7-9-20-2)17(23)24-15/h5-6,10-11H,4,7-9H2,1-3H3/b15-11+. The topological polar surface area (TPSA) is 48.0 Å². The maximum Gasteiger partial charge on any atom is 0.266 e. The van der Waals surface area contributed by atoms with Crippen LogP contribution in [0.15, 0.2) is 23.1 Å². The van der Waals surface area contributed by atoms with Crippen molar-refractivity contribution in [3.05, 3.63) is 28.7 Å². The predicted octanol–water partition coefficient (Wildman–Crippen LogP) is 3.33. The maximum atomic E-state index is 12.4. The number of rotatable bonds is 8. The molecule has 1 amide bonds. The largest absolute Gasteiger partial charge is 0.493 e. The summed E-state index contributed by atoms with van der Waals surface area (Å²) in [5, 5.41) is 0. The Morgan fingerprint density at radius 2 is 2.04 bits per heavy atom. The van der Waals surface area contributed by atoms with E-state index in [1.165, 1.54) is 11.8 Å². The van der Waals surface area contributed by atoms with Gasteiger partial charge in [0, 0.05) is 7.11 Å². The highest BCUT2D eigenvalue weighted by Crippen LogP contribution is 2.34. The molecular formula is C17H21NO4S2. The SMILES string of the molecule is CCCOc1ccc(/C=C2/SC(=S)N(CCOC)C2=O)cc1OC. The van der Waals surface area contributed by atoms with Crippen molar-refractivity contribution in [1.82, 2.24) is 4.90 Å². The van der Waals surface area contributed by atoms with Crippen LogP contribution < -0.4 is 9.47 Å². The van der Waals surface area contributed by atoms with Crippen LogP contribution in [0.1, 0.15) is 18.9 Å². The molecule has 0 atom stereocenters. The van der Waals surface area contributed by atoms with Crippen LogP contribution in [0.4, 0.5) is 0 Å². The summed E-state index contributed by atoms with van der Waals surface area (Å²) < 4.78 is 16.6. The van der Waals surface area contributed by atoms with Crippen LogP contribution in [-0.2, 0) is 9.53 Å². The van der Waals surface area contributed by atoms with Crippen LogP contribution in [0.3, 0.4) is 0 Å². The molecule has 0 N–H and O–H groups in total.